The molecule has 0 aromatic heterocycles. The van der Waals surface area contributed by atoms with E-state index in [1.807, 2.05) is 0 Å². The smallest absolute Gasteiger partial charge is 0.0446 e. The Kier molecular flexibility index (Phi) is 6.45. The molecule has 0 unspecified atom stereocenters. The Morgan fingerprint density at radius 1 is 0.960 bits per heavy atom. The van der Waals surface area contributed by atoms with Crippen LogP contribution in [0.1, 0.15) is 112 Å². The zero-order chi connectivity index (χ0) is 17.6. The molecule has 2 saturated carbocycles. The summed E-state index contributed by atoms with van der Waals surface area (Å²) in [5.41, 5.74) is 19.2. The summed E-state index contributed by atoms with van der Waals surface area (Å²) >= 11 is 0. The number of hydrogen-bond acceptors (Lipinski definition) is 2. The van der Waals surface area contributed by atoms with Gasteiger partial charge in [-0.15, -0.1) is 0 Å². The number of unbranched alkanes of at least 4 members (excludes halogenated alkanes) is 3. The fourth-order valence-electron chi connectivity index (χ4n) is 4.92. The third-order valence-electron chi connectivity index (χ3n) is 6.33. The summed E-state index contributed by atoms with van der Waals surface area (Å²) in [5.74, 6) is 1.22. The van der Waals surface area contributed by atoms with Crippen LogP contribution in [0.5, 0.6) is 0 Å². The van der Waals surface area contributed by atoms with Gasteiger partial charge < -0.3 is 11.5 Å². The van der Waals surface area contributed by atoms with Crippen molar-refractivity contribution in [3.63, 3.8) is 0 Å². The van der Waals surface area contributed by atoms with Crippen LogP contribution in [0.3, 0.4) is 0 Å². The minimum atomic E-state index is 0.574. The Balaban J connectivity index is 1.93. The van der Waals surface area contributed by atoms with Gasteiger partial charge in [-0.25, -0.2) is 0 Å². The molecule has 0 spiro atoms. The highest BCUT2D eigenvalue weighted by molar-refractivity contribution is 5.78. The SMILES string of the molecule is CCCCCC=Cc1c(C2CCCC2)cc(N)c(C2CCCC2)c1N. The van der Waals surface area contributed by atoms with Gasteiger partial charge in [-0.05, 0) is 62.0 Å². The normalized spacial score (nSPS) is 19.4. The van der Waals surface area contributed by atoms with Crippen molar-refractivity contribution >= 4 is 17.5 Å². The van der Waals surface area contributed by atoms with E-state index < -0.39 is 0 Å². The third-order valence-corrected chi connectivity index (χ3v) is 6.33. The average molecular weight is 341 g/mol. The molecule has 25 heavy (non-hydrogen) atoms. The number of nitrogens with two attached hydrogens (primary N) is 2. The molecule has 2 fully saturated rings. The first kappa shape index (κ1) is 18.4. The minimum Gasteiger partial charge on any atom is -0.398 e. The van der Waals surface area contributed by atoms with E-state index >= 15 is 0 Å². The van der Waals surface area contributed by atoms with Crippen molar-refractivity contribution in [1.82, 2.24) is 0 Å². The molecule has 138 valence electrons. The van der Waals surface area contributed by atoms with Gasteiger partial charge >= 0.3 is 0 Å². The van der Waals surface area contributed by atoms with E-state index in [2.05, 4.69) is 25.1 Å². The monoisotopic (exact) mass is 340 g/mol. The Hall–Kier alpha value is -1.44. The molecular formula is C23H36N2. The van der Waals surface area contributed by atoms with Gasteiger partial charge in [0.1, 0.15) is 0 Å². The highest BCUT2D eigenvalue weighted by atomic mass is 14.6. The largest absolute Gasteiger partial charge is 0.398 e. The van der Waals surface area contributed by atoms with E-state index in [0.717, 1.165) is 17.8 Å². The van der Waals surface area contributed by atoms with Gasteiger partial charge in [-0.2, -0.15) is 0 Å². The molecule has 2 nitrogen and oxygen atoms in total. The van der Waals surface area contributed by atoms with Crippen molar-refractivity contribution in [2.24, 2.45) is 0 Å². The number of rotatable bonds is 7. The van der Waals surface area contributed by atoms with Gasteiger partial charge in [0.2, 0.25) is 0 Å². The molecule has 4 N–H and O–H groups in total. The minimum absolute atomic E-state index is 0.574. The first-order valence-electron chi connectivity index (χ1n) is 10.6. The van der Waals surface area contributed by atoms with Crippen molar-refractivity contribution in [2.75, 3.05) is 11.5 Å². The zero-order valence-corrected chi connectivity index (χ0v) is 16.0. The average Bonchev–Trinajstić information content (AvgIpc) is 3.29. The van der Waals surface area contributed by atoms with Crippen molar-refractivity contribution < 1.29 is 0 Å². The standard InChI is InChI=1S/C23H36N2/c1-2-3-4-5-6-15-19-20(17-11-7-8-12-17)16-21(24)22(23(19)25)18-13-9-10-14-18/h6,15-18H,2-5,7-14,24-25H2,1H3. The first-order chi connectivity index (χ1) is 12.2. The molecule has 1 aromatic rings. The first-order valence-corrected chi connectivity index (χ1v) is 10.6. The highest BCUT2D eigenvalue weighted by Gasteiger charge is 2.27. The highest BCUT2D eigenvalue weighted by Crippen LogP contribution is 2.46. The van der Waals surface area contributed by atoms with E-state index in [1.165, 1.54) is 87.3 Å². The third kappa shape index (κ3) is 4.22. The van der Waals surface area contributed by atoms with Gasteiger partial charge in [0, 0.05) is 22.5 Å². The number of allylic oxidation sites excluding steroid dienone is 1. The molecule has 1 aromatic carbocycles. The predicted molar refractivity (Wildman–Crippen MR) is 111 cm³/mol. The topological polar surface area (TPSA) is 52.0 Å². The summed E-state index contributed by atoms with van der Waals surface area (Å²) in [6.45, 7) is 2.26. The lowest BCUT2D eigenvalue weighted by atomic mass is 9.85. The second-order valence-electron chi connectivity index (χ2n) is 8.16. The molecule has 2 heteroatoms. The zero-order valence-electron chi connectivity index (χ0n) is 16.0. The molecule has 2 aliphatic carbocycles. The molecule has 0 heterocycles. The van der Waals surface area contributed by atoms with E-state index in [-0.39, 0.29) is 0 Å². The lowest BCUT2D eigenvalue weighted by Gasteiger charge is -2.23. The van der Waals surface area contributed by atoms with Gasteiger partial charge in [0.25, 0.3) is 0 Å². The van der Waals surface area contributed by atoms with E-state index in [4.69, 9.17) is 11.5 Å². The quantitative estimate of drug-likeness (QED) is 0.425. The summed E-state index contributed by atoms with van der Waals surface area (Å²) in [4.78, 5) is 0. The number of benzene rings is 1. The fourth-order valence-corrected chi connectivity index (χ4v) is 4.92. The van der Waals surface area contributed by atoms with E-state index in [0.29, 0.717) is 11.8 Å². The van der Waals surface area contributed by atoms with Crippen molar-refractivity contribution in [1.29, 1.82) is 0 Å². The van der Waals surface area contributed by atoms with Crippen molar-refractivity contribution in [2.45, 2.75) is 95.8 Å². The molecule has 0 saturated heterocycles. The second kappa shape index (κ2) is 8.78. The Morgan fingerprint density at radius 2 is 1.60 bits per heavy atom. The molecule has 0 aliphatic heterocycles. The van der Waals surface area contributed by atoms with Crippen LogP contribution >= 0.6 is 0 Å². The molecule has 0 atom stereocenters. The molecule has 0 amide bonds. The summed E-state index contributed by atoms with van der Waals surface area (Å²) < 4.78 is 0. The fraction of sp³-hybridized carbons (Fsp3) is 0.652. The maximum atomic E-state index is 6.74. The van der Waals surface area contributed by atoms with Crippen LogP contribution in [0.2, 0.25) is 0 Å². The van der Waals surface area contributed by atoms with Crippen molar-refractivity contribution in [3.8, 4) is 0 Å². The summed E-state index contributed by atoms with van der Waals surface area (Å²) in [6.07, 6.45) is 20.1. The maximum Gasteiger partial charge on any atom is 0.0446 e. The van der Waals surface area contributed by atoms with Crippen LogP contribution in [0.25, 0.3) is 6.08 Å². The second-order valence-corrected chi connectivity index (χ2v) is 8.16. The summed E-state index contributed by atoms with van der Waals surface area (Å²) in [6, 6.07) is 2.28. The molecule has 2 aliphatic rings. The van der Waals surface area contributed by atoms with Crippen LogP contribution in [0.4, 0.5) is 11.4 Å². The van der Waals surface area contributed by atoms with Crippen LogP contribution in [-0.4, -0.2) is 0 Å². The van der Waals surface area contributed by atoms with Gasteiger partial charge in [-0.1, -0.05) is 57.6 Å². The summed E-state index contributed by atoms with van der Waals surface area (Å²) in [5, 5.41) is 0. The molecule has 0 radical (unpaired) electrons. The van der Waals surface area contributed by atoms with Crippen LogP contribution < -0.4 is 11.5 Å². The Morgan fingerprint density at radius 3 is 2.24 bits per heavy atom. The predicted octanol–water partition coefficient (Wildman–Crippen LogP) is 6.76. The van der Waals surface area contributed by atoms with Crippen LogP contribution in [0, 0.1) is 0 Å². The van der Waals surface area contributed by atoms with Gasteiger partial charge in [0.05, 0.1) is 0 Å². The Labute approximate surface area is 154 Å². The lowest BCUT2D eigenvalue weighted by Crippen LogP contribution is -2.10. The van der Waals surface area contributed by atoms with Crippen LogP contribution in [-0.2, 0) is 0 Å². The lowest BCUT2D eigenvalue weighted by molar-refractivity contribution is 0.711. The van der Waals surface area contributed by atoms with Gasteiger partial charge in [-0.3, -0.25) is 0 Å². The number of anilines is 2. The maximum absolute atomic E-state index is 6.74. The summed E-state index contributed by atoms with van der Waals surface area (Å²) in [7, 11) is 0. The van der Waals surface area contributed by atoms with E-state index in [1.54, 1.807) is 0 Å². The molecular weight excluding hydrogens is 304 g/mol. The number of nitrogen functional groups attached to an aromatic ring is 2. The van der Waals surface area contributed by atoms with Gasteiger partial charge in [0.15, 0.2) is 0 Å². The van der Waals surface area contributed by atoms with E-state index in [9.17, 15) is 0 Å². The van der Waals surface area contributed by atoms with Crippen molar-refractivity contribution in [3.05, 3.63) is 28.8 Å². The number of hydrogen-bond donors (Lipinski definition) is 2. The molecule has 0 bridgehead atoms. The van der Waals surface area contributed by atoms with Crippen LogP contribution in [0.15, 0.2) is 12.1 Å². The molecule has 3 rings (SSSR count). The Bertz CT molecular complexity index is 591.